The number of nitrogens with zero attached hydrogens (tertiary/aromatic N) is 2. The number of hydrogen-bond donors (Lipinski definition) is 0. The molecule has 0 aliphatic carbocycles. The van der Waals surface area contributed by atoms with Crippen LogP contribution in [0.25, 0.3) is 0 Å². The van der Waals surface area contributed by atoms with E-state index in [-0.39, 0.29) is 5.92 Å². The second kappa shape index (κ2) is 4.78. The number of benzene rings is 1. The second-order valence-corrected chi connectivity index (χ2v) is 4.74. The molecule has 1 aliphatic rings. The normalized spacial score (nSPS) is 20.6. The largest absolute Gasteiger partial charge is 0.479 e. The maximum absolute atomic E-state index is 5.42. The molecular weight excluding hydrogens is 268 g/mol. The van der Waals surface area contributed by atoms with Crippen LogP contribution in [0, 0.1) is 5.92 Å². The molecule has 1 atom stereocenters. The zero-order valence-electron chi connectivity index (χ0n) is 9.27. The van der Waals surface area contributed by atoms with E-state index in [9.17, 15) is 0 Å². The first-order valence-electron chi connectivity index (χ1n) is 5.17. The molecule has 1 heterocycles. The van der Waals surface area contributed by atoms with Crippen molar-refractivity contribution in [2.45, 2.75) is 13.8 Å². The third-order valence-electron chi connectivity index (χ3n) is 2.45. The van der Waals surface area contributed by atoms with Gasteiger partial charge in [0, 0.05) is 17.3 Å². The van der Waals surface area contributed by atoms with Crippen molar-refractivity contribution >= 4 is 27.5 Å². The van der Waals surface area contributed by atoms with Gasteiger partial charge in [0.15, 0.2) is 0 Å². The molecule has 0 amide bonds. The van der Waals surface area contributed by atoms with Crippen molar-refractivity contribution < 1.29 is 4.74 Å². The van der Waals surface area contributed by atoms with Gasteiger partial charge in [-0.1, -0.05) is 35.0 Å². The van der Waals surface area contributed by atoms with Gasteiger partial charge >= 0.3 is 0 Å². The fourth-order valence-corrected chi connectivity index (χ4v) is 1.80. The molecule has 0 N–H and O–H groups in total. The molecule has 16 heavy (non-hydrogen) atoms. The van der Waals surface area contributed by atoms with Crippen molar-refractivity contribution in [2.75, 3.05) is 6.61 Å². The fourth-order valence-electron chi connectivity index (χ4n) is 1.54. The van der Waals surface area contributed by atoms with E-state index in [1.165, 1.54) is 0 Å². The quantitative estimate of drug-likeness (QED) is 0.778. The van der Waals surface area contributed by atoms with Crippen LogP contribution >= 0.6 is 15.9 Å². The molecule has 0 aromatic heterocycles. The van der Waals surface area contributed by atoms with Crippen LogP contribution in [0.4, 0.5) is 0 Å². The number of hydrogen-bond acceptors (Lipinski definition) is 3. The molecule has 2 rings (SSSR count). The van der Waals surface area contributed by atoms with Crippen LogP contribution in [0.1, 0.15) is 19.4 Å². The predicted molar refractivity (Wildman–Crippen MR) is 68.9 cm³/mol. The summed E-state index contributed by atoms with van der Waals surface area (Å²) in [4.78, 5) is 0. The van der Waals surface area contributed by atoms with Gasteiger partial charge in [-0.25, -0.2) is 0 Å². The van der Waals surface area contributed by atoms with E-state index in [4.69, 9.17) is 4.74 Å². The smallest absolute Gasteiger partial charge is 0.205 e. The number of halogens is 1. The zero-order valence-corrected chi connectivity index (χ0v) is 10.9. The molecule has 0 saturated carbocycles. The Morgan fingerprint density at radius 3 is 2.62 bits per heavy atom. The highest BCUT2D eigenvalue weighted by atomic mass is 79.9. The first-order chi connectivity index (χ1) is 7.66. The first-order valence-corrected chi connectivity index (χ1v) is 5.97. The van der Waals surface area contributed by atoms with Gasteiger partial charge < -0.3 is 4.74 Å². The summed E-state index contributed by atoms with van der Waals surface area (Å²) in [6.07, 6.45) is 0. The summed E-state index contributed by atoms with van der Waals surface area (Å²) >= 11 is 3.42. The van der Waals surface area contributed by atoms with Gasteiger partial charge in [-0.05, 0) is 17.7 Å². The molecule has 4 heteroatoms. The van der Waals surface area contributed by atoms with E-state index in [0.29, 0.717) is 12.5 Å². The third-order valence-corrected chi connectivity index (χ3v) is 2.98. The third kappa shape index (κ3) is 2.50. The Morgan fingerprint density at radius 1 is 1.25 bits per heavy atom. The molecule has 1 aromatic rings. The Kier molecular flexibility index (Phi) is 3.39. The van der Waals surface area contributed by atoms with E-state index in [2.05, 4.69) is 33.1 Å². The van der Waals surface area contributed by atoms with Crippen LogP contribution < -0.4 is 0 Å². The van der Waals surface area contributed by atoms with E-state index in [0.717, 1.165) is 15.7 Å². The van der Waals surface area contributed by atoms with Gasteiger partial charge in [-0.3, -0.25) is 0 Å². The van der Waals surface area contributed by atoms with Crippen LogP contribution in [0.2, 0.25) is 0 Å². The molecule has 0 spiro atoms. The lowest BCUT2D eigenvalue weighted by Crippen LogP contribution is -2.17. The summed E-state index contributed by atoms with van der Waals surface area (Å²) < 4.78 is 6.48. The summed E-state index contributed by atoms with van der Waals surface area (Å²) in [6.45, 7) is 4.54. The maximum atomic E-state index is 5.42. The van der Waals surface area contributed by atoms with Gasteiger partial charge in [-0.2, -0.15) is 5.10 Å². The maximum Gasteiger partial charge on any atom is 0.205 e. The lowest BCUT2D eigenvalue weighted by molar-refractivity contribution is 0.281. The predicted octanol–water partition coefficient (Wildman–Crippen LogP) is 3.24. The van der Waals surface area contributed by atoms with Gasteiger partial charge in [0.05, 0.1) is 12.3 Å². The van der Waals surface area contributed by atoms with Crippen LogP contribution in [-0.2, 0) is 4.74 Å². The van der Waals surface area contributed by atoms with Crippen molar-refractivity contribution in [2.24, 2.45) is 16.1 Å². The van der Waals surface area contributed by atoms with Crippen LogP contribution in [0.5, 0.6) is 0 Å². The topological polar surface area (TPSA) is 34.0 Å². The summed E-state index contributed by atoms with van der Waals surface area (Å²) in [5.41, 5.74) is 2.07. The zero-order chi connectivity index (χ0) is 11.5. The lowest BCUT2D eigenvalue weighted by Gasteiger charge is -2.11. The minimum absolute atomic E-state index is 0.252. The molecule has 1 aliphatic heterocycles. The highest BCUT2D eigenvalue weighted by Crippen LogP contribution is 2.17. The van der Waals surface area contributed by atoms with Crippen LogP contribution in [-0.4, -0.2) is 18.2 Å². The number of ether oxygens (including phenoxy) is 1. The SMILES string of the molecule is CC1=NN=C(c2ccc(Br)cc2)C(C)CO1. The van der Waals surface area contributed by atoms with E-state index >= 15 is 0 Å². The minimum Gasteiger partial charge on any atom is -0.479 e. The molecule has 1 unspecified atom stereocenters. The van der Waals surface area contributed by atoms with Crippen LogP contribution in [0.3, 0.4) is 0 Å². The highest BCUT2D eigenvalue weighted by Gasteiger charge is 2.16. The summed E-state index contributed by atoms with van der Waals surface area (Å²) in [5.74, 6) is 0.876. The van der Waals surface area contributed by atoms with Crippen molar-refractivity contribution in [3.8, 4) is 0 Å². The molecule has 84 valence electrons. The molecule has 0 saturated heterocycles. The standard InChI is InChI=1S/C12H13BrN2O/c1-8-7-16-9(2)14-15-12(8)10-3-5-11(13)6-4-10/h3-6,8H,7H2,1-2H3. The van der Waals surface area contributed by atoms with E-state index < -0.39 is 0 Å². The van der Waals surface area contributed by atoms with Crippen molar-refractivity contribution in [1.82, 2.24) is 0 Å². The van der Waals surface area contributed by atoms with E-state index in [1.807, 2.05) is 31.2 Å². The molecule has 3 nitrogen and oxygen atoms in total. The molecule has 1 aromatic carbocycles. The lowest BCUT2D eigenvalue weighted by atomic mass is 9.99. The first kappa shape index (κ1) is 11.3. The molecular formula is C12H13BrN2O. The molecule has 0 fully saturated rings. The molecule has 0 bridgehead atoms. The van der Waals surface area contributed by atoms with Crippen molar-refractivity contribution in [1.29, 1.82) is 0 Å². The Morgan fingerprint density at radius 2 is 1.94 bits per heavy atom. The average Bonchev–Trinajstić information content (AvgIpc) is 2.44. The second-order valence-electron chi connectivity index (χ2n) is 3.82. The summed E-state index contributed by atoms with van der Waals surface area (Å²) in [7, 11) is 0. The Balaban J connectivity index is 2.34. The van der Waals surface area contributed by atoms with Crippen LogP contribution in [0.15, 0.2) is 38.9 Å². The average molecular weight is 281 g/mol. The monoisotopic (exact) mass is 280 g/mol. The summed E-state index contributed by atoms with van der Waals surface area (Å²) in [6, 6.07) is 8.09. The number of rotatable bonds is 1. The van der Waals surface area contributed by atoms with E-state index in [1.54, 1.807) is 0 Å². The Bertz CT molecular complexity index is 437. The van der Waals surface area contributed by atoms with Gasteiger partial charge in [0.1, 0.15) is 0 Å². The molecule has 0 radical (unpaired) electrons. The Labute approximate surface area is 103 Å². The minimum atomic E-state index is 0.252. The highest BCUT2D eigenvalue weighted by molar-refractivity contribution is 9.10. The summed E-state index contributed by atoms with van der Waals surface area (Å²) in [5, 5.41) is 8.27. The van der Waals surface area contributed by atoms with Crippen molar-refractivity contribution in [3.05, 3.63) is 34.3 Å². The van der Waals surface area contributed by atoms with Crippen molar-refractivity contribution in [3.63, 3.8) is 0 Å². The Hall–Kier alpha value is -1.16. The van der Waals surface area contributed by atoms with Gasteiger partial charge in [-0.15, -0.1) is 5.10 Å². The van der Waals surface area contributed by atoms with Gasteiger partial charge in [0.2, 0.25) is 5.90 Å². The van der Waals surface area contributed by atoms with Gasteiger partial charge in [0.25, 0.3) is 0 Å². The fraction of sp³-hybridized carbons (Fsp3) is 0.333.